The SMILES string of the molecule is CC1(C)CN(C(=O)C(Cc2cccnc2)NC(=O)c2ccccc2)CCC1N. The summed E-state index contributed by atoms with van der Waals surface area (Å²) in [5.41, 5.74) is 7.50. The maximum atomic E-state index is 13.3. The molecule has 1 aliphatic heterocycles. The Kier molecular flexibility index (Phi) is 6.09. The van der Waals surface area contributed by atoms with Crippen LogP contribution < -0.4 is 11.1 Å². The van der Waals surface area contributed by atoms with Crippen LogP contribution in [0.2, 0.25) is 0 Å². The highest BCUT2D eigenvalue weighted by Crippen LogP contribution is 2.28. The van der Waals surface area contributed by atoms with Crippen LogP contribution in [-0.4, -0.2) is 46.9 Å². The lowest BCUT2D eigenvalue weighted by molar-refractivity contribution is -0.136. The summed E-state index contributed by atoms with van der Waals surface area (Å²) in [6.45, 7) is 5.34. The average Bonchev–Trinajstić information content (AvgIpc) is 2.70. The lowest BCUT2D eigenvalue weighted by Crippen LogP contribution is -2.58. The van der Waals surface area contributed by atoms with Crippen LogP contribution >= 0.6 is 0 Å². The third-order valence-electron chi connectivity index (χ3n) is 5.43. The summed E-state index contributed by atoms with van der Waals surface area (Å²) in [6, 6.07) is 12.1. The minimum absolute atomic E-state index is 0.0623. The molecule has 1 aromatic carbocycles. The molecule has 1 aromatic heterocycles. The van der Waals surface area contributed by atoms with Crippen LogP contribution in [0.3, 0.4) is 0 Å². The molecule has 2 heterocycles. The fraction of sp³-hybridized carbons (Fsp3) is 0.409. The molecule has 0 radical (unpaired) electrons. The number of carbonyl (C=O) groups excluding carboxylic acids is 2. The number of amides is 2. The van der Waals surface area contributed by atoms with Crippen molar-refractivity contribution in [3.63, 3.8) is 0 Å². The molecule has 2 unspecified atom stereocenters. The van der Waals surface area contributed by atoms with Crippen molar-refractivity contribution >= 4 is 11.8 Å². The van der Waals surface area contributed by atoms with Gasteiger partial charge in [-0.05, 0) is 35.6 Å². The molecule has 148 valence electrons. The Hall–Kier alpha value is -2.73. The minimum Gasteiger partial charge on any atom is -0.340 e. The molecule has 1 fully saturated rings. The predicted octanol–water partition coefficient (Wildman–Crippen LogP) is 2.01. The third-order valence-corrected chi connectivity index (χ3v) is 5.43. The highest BCUT2D eigenvalue weighted by atomic mass is 16.2. The van der Waals surface area contributed by atoms with Crippen LogP contribution in [0.5, 0.6) is 0 Å². The van der Waals surface area contributed by atoms with E-state index in [-0.39, 0.29) is 23.3 Å². The van der Waals surface area contributed by atoms with Gasteiger partial charge in [0.05, 0.1) is 0 Å². The Morgan fingerprint density at radius 1 is 1.25 bits per heavy atom. The molecule has 2 atom stereocenters. The predicted molar refractivity (Wildman–Crippen MR) is 109 cm³/mol. The van der Waals surface area contributed by atoms with Gasteiger partial charge in [-0.1, -0.05) is 38.1 Å². The van der Waals surface area contributed by atoms with Gasteiger partial charge in [0.25, 0.3) is 5.91 Å². The first-order valence-electron chi connectivity index (χ1n) is 9.66. The molecule has 0 spiro atoms. The fourth-order valence-corrected chi connectivity index (χ4v) is 3.57. The summed E-state index contributed by atoms with van der Waals surface area (Å²) in [7, 11) is 0. The van der Waals surface area contributed by atoms with Crippen LogP contribution in [-0.2, 0) is 11.2 Å². The summed E-state index contributed by atoms with van der Waals surface area (Å²) in [5, 5.41) is 2.93. The number of piperidine rings is 1. The van der Waals surface area contributed by atoms with E-state index in [0.29, 0.717) is 25.1 Å². The summed E-state index contributed by atoms with van der Waals surface area (Å²) in [6.07, 6.45) is 4.57. The van der Waals surface area contributed by atoms with Crippen molar-refractivity contribution < 1.29 is 9.59 Å². The Morgan fingerprint density at radius 3 is 2.64 bits per heavy atom. The summed E-state index contributed by atoms with van der Waals surface area (Å²) in [4.78, 5) is 32.0. The average molecular weight is 380 g/mol. The molecule has 6 heteroatoms. The Balaban J connectivity index is 1.79. The zero-order valence-electron chi connectivity index (χ0n) is 16.5. The Morgan fingerprint density at radius 2 is 2.00 bits per heavy atom. The maximum Gasteiger partial charge on any atom is 0.251 e. The van der Waals surface area contributed by atoms with Crippen molar-refractivity contribution in [1.82, 2.24) is 15.2 Å². The van der Waals surface area contributed by atoms with Crippen molar-refractivity contribution in [3.8, 4) is 0 Å². The quantitative estimate of drug-likeness (QED) is 0.830. The lowest BCUT2D eigenvalue weighted by Gasteiger charge is -2.43. The number of nitrogens with one attached hydrogen (secondary N) is 1. The molecule has 3 rings (SSSR count). The van der Waals surface area contributed by atoms with Crippen LogP contribution in [0.25, 0.3) is 0 Å². The number of hydrogen-bond donors (Lipinski definition) is 2. The van der Waals surface area contributed by atoms with E-state index in [4.69, 9.17) is 5.73 Å². The number of nitrogens with two attached hydrogens (primary N) is 1. The van der Waals surface area contributed by atoms with Crippen LogP contribution in [0, 0.1) is 5.41 Å². The van der Waals surface area contributed by atoms with Gasteiger partial charge in [-0.15, -0.1) is 0 Å². The zero-order valence-corrected chi connectivity index (χ0v) is 16.5. The smallest absolute Gasteiger partial charge is 0.251 e. The van der Waals surface area contributed by atoms with Gasteiger partial charge < -0.3 is 16.0 Å². The summed E-state index contributed by atoms with van der Waals surface area (Å²) in [5.74, 6) is -0.330. The Labute approximate surface area is 166 Å². The van der Waals surface area contributed by atoms with Crippen LogP contribution in [0.15, 0.2) is 54.9 Å². The molecule has 2 aromatic rings. The van der Waals surface area contributed by atoms with Gasteiger partial charge in [0, 0.05) is 43.5 Å². The molecule has 1 saturated heterocycles. The molecule has 0 saturated carbocycles. The largest absolute Gasteiger partial charge is 0.340 e. The van der Waals surface area contributed by atoms with Crippen molar-refractivity contribution in [1.29, 1.82) is 0 Å². The maximum absolute atomic E-state index is 13.3. The first-order valence-corrected chi connectivity index (χ1v) is 9.66. The summed E-state index contributed by atoms with van der Waals surface area (Å²) < 4.78 is 0. The highest BCUT2D eigenvalue weighted by molar-refractivity contribution is 5.97. The van der Waals surface area contributed by atoms with E-state index in [9.17, 15) is 9.59 Å². The van der Waals surface area contributed by atoms with Gasteiger partial charge in [-0.2, -0.15) is 0 Å². The van der Waals surface area contributed by atoms with Crippen molar-refractivity contribution in [2.24, 2.45) is 11.1 Å². The number of rotatable bonds is 5. The van der Waals surface area contributed by atoms with Gasteiger partial charge in [-0.3, -0.25) is 14.6 Å². The number of likely N-dealkylation sites (tertiary alicyclic amines) is 1. The van der Waals surface area contributed by atoms with E-state index >= 15 is 0 Å². The second-order valence-electron chi connectivity index (χ2n) is 8.10. The van der Waals surface area contributed by atoms with E-state index in [1.165, 1.54) is 0 Å². The number of benzene rings is 1. The molecule has 1 aliphatic rings. The van der Waals surface area contributed by atoms with Crippen molar-refractivity contribution in [2.45, 2.75) is 38.8 Å². The number of hydrogen-bond acceptors (Lipinski definition) is 4. The van der Waals surface area contributed by atoms with E-state index in [2.05, 4.69) is 24.1 Å². The molecule has 0 aliphatic carbocycles. The second kappa shape index (κ2) is 8.52. The number of carbonyl (C=O) groups is 2. The van der Waals surface area contributed by atoms with Crippen molar-refractivity contribution in [2.75, 3.05) is 13.1 Å². The van der Waals surface area contributed by atoms with E-state index in [1.54, 1.807) is 36.7 Å². The molecule has 6 nitrogen and oxygen atoms in total. The topological polar surface area (TPSA) is 88.3 Å². The highest BCUT2D eigenvalue weighted by Gasteiger charge is 2.37. The molecule has 3 N–H and O–H groups in total. The van der Waals surface area contributed by atoms with Crippen molar-refractivity contribution in [3.05, 3.63) is 66.0 Å². The fourth-order valence-electron chi connectivity index (χ4n) is 3.57. The monoisotopic (exact) mass is 380 g/mol. The van der Waals surface area contributed by atoms with Gasteiger partial charge in [0.15, 0.2) is 0 Å². The van der Waals surface area contributed by atoms with Crippen LogP contribution in [0.1, 0.15) is 36.2 Å². The number of nitrogens with zero attached hydrogens (tertiary/aromatic N) is 2. The first kappa shape index (κ1) is 20.0. The lowest BCUT2D eigenvalue weighted by atomic mass is 9.79. The van der Waals surface area contributed by atoms with E-state index in [1.807, 2.05) is 23.1 Å². The third kappa shape index (κ3) is 4.75. The zero-order chi connectivity index (χ0) is 20.1. The summed E-state index contributed by atoms with van der Waals surface area (Å²) >= 11 is 0. The number of pyridine rings is 1. The van der Waals surface area contributed by atoms with Gasteiger partial charge in [-0.25, -0.2) is 0 Å². The van der Waals surface area contributed by atoms with Gasteiger partial charge in [0.2, 0.25) is 5.91 Å². The molecule has 28 heavy (non-hydrogen) atoms. The molecular formula is C22H28N4O2. The molecule has 0 bridgehead atoms. The molecular weight excluding hydrogens is 352 g/mol. The van der Waals surface area contributed by atoms with E-state index in [0.717, 1.165) is 12.0 Å². The van der Waals surface area contributed by atoms with E-state index < -0.39 is 6.04 Å². The standard InChI is InChI=1S/C22H28N4O2/c1-22(2)15-26(12-10-19(22)23)21(28)18(13-16-7-6-11-24-14-16)25-20(27)17-8-4-3-5-9-17/h3-9,11,14,18-19H,10,12-13,15,23H2,1-2H3,(H,25,27). The van der Waals surface area contributed by atoms with Crippen LogP contribution in [0.4, 0.5) is 0 Å². The normalized spacial score (nSPS) is 19.7. The van der Waals surface area contributed by atoms with Gasteiger partial charge in [0.1, 0.15) is 6.04 Å². The minimum atomic E-state index is -0.651. The first-order chi connectivity index (χ1) is 13.4. The second-order valence-corrected chi connectivity index (χ2v) is 8.10. The number of aromatic nitrogens is 1. The molecule has 2 amide bonds. The van der Waals surface area contributed by atoms with Gasteiger partial charge >= 0.3 is 0 Å². The Bertz CT molecular complexity index is 808.